The minimum atomic E-state index is -3.85. The molecule has 9 heteroatoms. The Labute approximate surface area is 182 Å². The van der Waals surface area contributed by atoms with Crippen molar-refractivity contribution in [3.05, 3.63) is 89.3 Å². The Morgan fingerprint density at radius 3 is 2.16 bits per heavy atom. The molecular formula is C22H17N3O4S2. The van der Waals surface area contributed by atoms with Crippen LogP contribution in [0.1, 0.15) is 20.7 Å². The zero-order chi connectivity index (χ0) is 22.0. The van der Waals surface area contributed by atoms with Crippen molar-refractivity contribution in [3.63, 3.8) is 0 Å². The van der Waals surface area contributed by atoms with E-state index >= 15 is 0 Å². The van der Waals surface area contributed by atoms with E-state index in [9.17, 15) is 18.0 Å². The summed E-state index contributed by atoms with van der Waals surface area (Å²) in [6, 6.07) is 19.8. The molecule has 4 N–H and O–H groups in total. The third-order valence-electron chi connectivity index (χ3n) is 4.56. The maximum absolute atomic E-state index is 13.0. The second-order valence-corrected chi connectivity index (χ2v) is 9.54. The van der Waals surface area contributed by atoms with Crippen molar-refractivity contribution in [2.45, 2.75) is 4.21 Å². The SMILES string of the molecule is NC(=O)c1ccc(NC(=O)c2cc3ccccc3cc2NS(=O)(=O)c2cccs2)cc1. The van der Waals surface area contributed by atoms with E-state index in [1.807, 2.05) is 24.3 Å². The molecule has 4 aromatic rings. The van der Waals surface area contributed by atoms with Crippen molar-refractivity contribution < 1.29 is 18.0 Å². The molecule has 0 saturated heterocycles. The van der Waals surface area contributed by atoms with E-state index in [0.717, 1.165) is 22.1 Å². The second-order valence-electron chi connectivity index (χ2n) is 6.68. The highest BCUT2D eigenvalue weighted by Gasteiger charge is 2.20. The van der Waals surface area contributed by atoms with Crippen LogP contribution in [0.2, 0.25) is 0 Å². The molecule has 0 radical (unpaired) electrons. The van der Waals surface area contributed by atoms with Gasteiger partial charge in [0.05, 0.1) is 11.3 Å². The third-order valence-corrected chi connectivity index (χ3v) is 7.32. The van der Waals surface area contributed by atoms with Crippen molar-refractivity contribution in [2.24, 2.45) is 5.73 Å². The number of nitrogens with two attached hydrogens (primary N) is 1. The molecular weight excluding hydrogens is 434 g/mol. The zero-order valence-corrected chi connectivity index (χ0v) is 17.7. The molecule has 0 saturated carbocycles. The number of carbonyl (C=O) groups is 2. The Bertz CT molecular complexity index is 1380. The van der Waals surface area contributed by atoms with Crippen LogP contribution in [0.3, 0.4) is 0 Å². The van der Waals surface area contributed by atoms with E-state index in [-0.39, 0.29) is 15.5 Å². The molecule has 4 rings (SSSR count). The number of carbonyl (C=O) groups excluding carboxylic acids is 2. The third kappa shape index (κ3) is 4.42. The molecule has 0 aliphatic rings. The van der Waals surface area contributed by atoms with Gasteiger partial charge in [-0.05, 0) is 58.6 Å². The smallest absolute Gasteiger partial charge is 0.271 e. The Morgan fingerprint density at radius 1 is 0.871 bits per heavy atom. The van der Waals surface area contributed by atoms with Crippen molar-refractivity contribution in [3.8, 4) is 0 Å². The number of anilines is 2. The summed E-state index contributed by atoms with van der Waals surface area (Å²) in [7, 11) is -3.85. The Kier molecular flexibility index (Phi) is 5.45. The molecule has 1 heterocycles. The molecule has 0 unspecified atom stereocenters. The van der Waals surface area contributed by atoms with Gasteiger partial charge in [-0.3, -0.25) is 14.3 Å². The lowest BCUT2D eigenvalue weighted by Gasteiger charge is -2.14. The fourth-order valence-corrected chi connectivity index (χ4v) is 5.10. The number of benzene rings is 3. The van der Waals surface area contributed by atoms with Gasteiger partial charge < -0.3 is 11.1 Å². The summed E-state index contributed by atoms with van der Waals surface area (Å²) in [4.78, 5) is 24.3. The minimum Gasteiger partial charge on any atom is -0.366 e. The van der Waals surface area contributed by atoms with E-state index in [1.54, 1.807) is 35.7 Å². The summed E-state index contributed by atoms with van der Waals surface area (Å²) in [5, 5.41) is 5.97. The second kappa shape index (κ2) is 8.21. The van der Waals surface area contributed by atoms with Crippen LogP contribution in [-0.2, 0) is 10.0 Å². The van der Waals surface area contributed by atoms with E-state index in [2.05, 4.69) is 10.0 Å². The van der Waals surface area contributed by atoms with Gasteiger partial charge >= 0.3 is 0 Å². The van der Waals surface area contributed by atoms with Crippen molar-refractivity contribution >= 4 is 55.3 Å². The number of rotatable bonds is 6. The quantitative estimate of drug-likeness (QED) is 0.410. The van der Waals surface area contributed by atoms with Gasteiger partial charge in [0, 0.05) is 11.3 Å². The summed E-state index contributed by atoms with van der Waals surface area (Å²) in [6.45, 7) is 0. The number of nitrogens with one attached hydrogen (secondary N) is 2. The van der Waals surface area contributed by atoms with Gasteiger partial charge in [-0.25, -0.2) is 8.42 Å². The lowest BCUT2D eigenvalue weighted by Crippen LogP contribution is -2.18. The monoisotopic (exact) mass is 451 g/mol. The molecule has 0 atom stereocenters. The predicted molar refractivity (Wildman–Crippen MR) is 122 cm³/mol. The van der Waals surface area contributed by atoms with Gasteiger partial charge in [0.2, 0.25) is 5.91 Å². The summed E-state index contributed by atoms with van der Waals surface area (Å²) in [5.74, 6) is -1.07. The number of thiophene rings is 1. The largest absolute Gasteiger partial charge is 0.366 e. The molecule has 0 spiro atoms. The zero-order valence-electron chi connectivity index (χ0n) is 16.0. The van der Waals surface area contributed by atoms with Gasteiger partial charge in [-0.1, -0.05) is 30.3 Å². The molecule has 3 aromatic carbocycles. The molecule has 0 aliphatic carbocycles. The molecule has 0 fully saturated rings. The van der Waals surface area contributed by atoms with Crippen molar-refractivity contribution in [1.29, 1.82) is 0 Å². The Balaban J connectivity index is 1.72. The Morgan fingerprint density at radius 2 is 1.55 bits per heavy atom. The highest BCUT2D eigenvalue weighted by atomic mass is 32.2. The van der Waals surface area contributed by atoms with Crippen LogP contribution in [0.5, 0.6) is 0 Å². The lowest BCUT2D eigenvalue weighted by atomic mass is 10.0. The number of hydrogen-bond donors (Lipinski definition) is 3. The number of sulfonamides is 1. The normalized spacial score (nSPS) is 11.2. The van der Waals surface area contributed by atoms with Crippen LogP contribution in [-0.4, -0.2) is 20.2 Å². The first-order valence-corrected chi connectivity index (χ1v) is 11.5. The van der Waals surface area contributed by atoms with Gasteiger partial charge in [-0.15, -0.1) is 11.3 Å². The van der Waals surface area contributed by atoms with Crippen LogP contribution >= 0.6 is 11.3 Å². The number of primary amides is 1. The molecule has 7 nitrogen and oxygen atoms in total. The number of amides is 2. The molecule has 0 bridgehead atoms. The fourth-order valence-electron chi connectivity index (χ4n) is 3.04. The maximum Gasteiger partial charge on any atom is 0.271 e. The molecule has 1 aromatic heterocycles. The fraction of sp³-hybridized carbons (Fsp3) is 0. The first-order valence-electron chi connectivity index (χ1n) is 9.14. The molecule has 156 valence electrons. The van der Waals surface area contributed by atoms with Crippen LogP contribution in [0.25, 0.3) is 10.8 Å². The predicted octanol–water partition coefficient (Wildman–Crippen LogP) is 4.05. The Hall–Kier alpha value is -3.69. The first-order chi connectivity index (χ1) is 14.8. The van der Waals surface area contributed by atoms with Gasteiger partial charge in [-0.2, -0.15) is 0 Å². The number of fused-ring (bicyclic) bond motifs is 1. The maximum atomic E-state index is 13.0. The minimum absolute atomic E-state index is 0.147. The lowest BCUT2D eigenvalue weighted by molar-refractivity contribution is 0.0998. The van der Waals surface area contributed by atoms with Gasteiger partial charge in [0.15, 0.2) is 0 Å². The summed E-state index contributed by atoms with van der Waals surface area (Å²) < 4.78 is 28.2. The molecule has 0 aliphatic heterocycles. The van der Waals surface area contributed by atoms with Crippen molar-refractivity contribution in [1.82, 2.24) is 0 Å². The van der Waals surface area contributed by atoms with Crippen LogP contribution in [0.15, 0.2) is 82.4 Å². The highest BCUT2D eigenvalue weighted by molar-refractivity contribution is 7.94. The number of hydrogen-bond acceptors (Lipinski definition) is 5. The van der Waals surface area contributed by atoms with E-state index in [1.165, 1.54) is 18.2 Å². The topological polar surface area (TPSA) is 118 Å². The van der Waals surface area contributed by atoms with Gasteiger partial charge in [0.25, 0.3) is 15.9 Å². The van der Waals surface area contributed by atoms with Crippen LogP contribution in [0.4, 0.5) is 11.4 Å². The van der Waals surface area contributed by atoms with Crippen molar-refractivity contribution in [2.75, 3.05) is 10.0 Å². The highest BCUT2D eigenvalue weighted by Crippen LogP contribution is 2.28. The van der Waals surface area contributed by atoms with Crippen LogP contribution < -0.4 is 15.8 Å². The van der Waals surface area contributed by atoms with Crippen LogP contribution in [0, 0.1) is 0 Å². The summed E-state index contributed by atoms with van der Waals surface area (Å²) in [6.07, 6.45) is 0. The summed E-state index contributed by atoms with van der Waals surface area (Å²) in [5.41, 5.74) is 6.32. The summed E-state index contributed by atoms with van der Waals surface area (Å²) >= 11 is 1.08. The average molecular weight is 452 g/mol. The van der Waals surface area contributed by atoms with E-state index in [0.29, 0.717) is 11.3 Å². The van der Waals surface area contributed by atoms with E-state index in [4.69, 9.17) is 5.73 Å². The standard InChI is InChI=1S/C22H17N3O4S2/c23-21(26)14-7-9-17(10-8-14)24-22(27)18-12-15-4-1-2-5-16(15)13-19(18)25-31(28,29)20-6-3-11-30-20/h1-13,25H,(H2,23,26)(H,24,27). The molecule has 2 amide bonds. The average Bonchev–Trinajstić information content (AvgIpc) is 3.29. The van der Waals surface area contributed by atoms with E-state index < -0.39 is 21.8 Å². The van der Waals surface area contributed by atoms with Gasteiger partial charge in [0.1, 0.15) is 4.21 Å². The molecule has 31 heavy (non-hydrogen) atoms. The first kappa shape index (κ1) is 20.6.